The van der Waals surface area contributed by atoms with E-state index in [2.05, 4.69) is 2.51 Å². The monoisotopic (exact) mass is 798 g/mol. The third kappa shape index (κ3) is 5.60. The zero-order chi connectivity index (χ0) is 33.9. The van der Waals surface area contributed by atoms with Gasteiger partial charge in [0.1, 0.15) is 5.82 Å². The van der Waals surface area contributed by atoms with Gasteiger partial charge < -0.3 is 0 Å². The minimum absolute atomic E-state index is 0.473. The molecule has 0 aromatic heterocycles. The molecule has 0 saturated heterocycles. The van der Waals surface area contributed by atoms with Crippen LogP contribution < -0.4 is 20.2 Å². The lowest BCUT2D eigenvalue weighted by atomic mass is 9.91. The first-order valence-corrected chi connectivity index (χ1v) is 14.6. The van der Waals surface area contributed by atoms with Crippen molar-refractivity contribution in [3.05, 3.63) is 67.6 Å². The lowest BCUT2D eigenvalue weighted by Gasteiger charge is -2.42. The van der Waals surface area contributed by atoms with Crippen LogP contribution in [0.5, 0.6) is 0 Å². The molecule has 0 atom stereocenters. The van der Waals surface area contributed by atoms with Crippen molar-refractivity contribution in [1.29, 1.82) is 0 Å². The Bertz CT molecular complexity index is 1390. The van der Waals surface area contributed by atoms with Gasteiger partial charge in [0.2, 0.25) is 0 Å². The van der Waals surface area contributed by atoms with Crippen LogP contribution in [0.4, 0.5) is 79.0 Å². The van der Waals surface area contributed by atoms with Crippen LogP contribution in [0.15, 0.2) is 54.6 Å². The Morgan fingerprint density at radius 1 is 0.488 bits per heavy atom. The summed E-state index contributed by atoms with van der Waals surface area (Å²) in [5.74, 6) is -53.3. The van der Waals surface area contributed by atoms with E-state index < -0.39 is 90.3 Å². The molecule has 0 fully saturated rings. The molecule has 0 unspecified atom stereocenters. The predicted molar refractivity (Wildman–Crippen MR) is 101 cm³/mol. The minimum atomic E-state index is -8.95. The van der Waals surface area contributed by atoms with E-state index >= 15 is 0 Å². The fraction of sp³-hybridized carbons (Fsp3) is 0.400. The molecule has 23 heteroatoms. The normalized spacial score (nSPS) is 15.2. The average molecular weight is 798 g/mol. The summed E-state index contributed by atoms with van der Waals surface area (Å²) in [5, 5.41) is -7.81. The van der Waals surface area contributed by atoms with Crippen LogP contribution in [-0.4, -0.2) is 55.4 Å². The van der Waals surface area contributed by atoms with Gasteiger partial charge in [0.05, 0.1) is 0 Å². The van der Waals surface area contributed by atoms with Crippen molar-refractivity contribution in [2.24, 2.45) is 0 Å². The Morgan fingerprint density at radius 3 is 1.23 bits per heavy atom. The van der Waals surface area contributed by atoms with Crippen LogP contribution in [-0.2, 0) is 12.6 Å². The van der Waals surface area contributed by atoms with Gasteiger partial charge >= 0.3 is 77.3 Å². The smallest absolute Gasteiger partial charge is 0.207 e. The summed E-state index contributed by atoms with van der Waals surface area (Å²) in [6, 6.07) is 7.30. The highest BCUT2D eigenvalue weighted by atomic mass is 127. The van der Waals surface area contributed by atoms with E-state index in [4.69, 9.17) is 0 Å². The number of hydrogen-bond donors (Lipinski definition) is 0. The van der Waals surface area contributed by atoms with Crippen molar-refractivity contribution in [2.45, 2.75) is 47.0 Å². The summed E-state index contributed by atoms with van der Waals surface area (Å²) in [4.78, 5) is 0. The average Bonchev–Trinajstić information content (AvgIpc) is 2.87. The van der Waals surface area contributed by atoms with Crippen molar-refractivity contribution in [3.8, 4) is 0 Å². The third-order valence-corrected chi connectivity index (χ3v) is 12.5. The molecule has 0 amide bonds. The number of alkyl halides is 17. The Hall–Kier alpha value is -2.18. The van der Waals surface area contributed by atoms with Crippen LogP contribution in [0.1, 0.15) is 0 Å². The molecular weight excluding hydrogens is 789 g/mol. The van der Waals surface area contributed by atoms with E-state index in [9.17, 15) is 87.4 Å². The second-order valence-electron chi connectivity index (χ2n) is 7.96. The molecule has 1 radical (unpaired) electrons. The van der Waals surface area contributed by atoms with Crippen LogP contribution in [0.2, 0.25) is 0 Å². The number of halogens is 19. The van der Waals surface area contributed by atoms with E-state index in [0.29, 0.717) is 24.3 Å². The lowest BCUT2D eigenvalue weighted by molar-refractivity contribution is -1.03. The van der Waals surface area contributed by atoms with Crippen molar-refractivity contribution in [2.75, 3.05) is 0 Å². The van der Waals surface area contributed by atoms with E-state index in [1.54, 1.807) is 0 Å². The zero-order valence-electron chi connectivity index (χ0n) is 19.5. The molecule has 2 aromatic carbocycles. The van der Waals surface area contributed by atoms with Crippen molar-refractivity contribution in [3.63, 3.8) is 0 Å². The maximum absolute atomic E-state index is 14.5. The first-order valence-electron chi connectivity index (χ1n) is 10.1. The van der Waals surface area contributed by atoms with E-state index in [1.165, 1.54) is 6.07 Å². The fourth-order valence-electron chi connectivity index (χ4n) is 2.70. The SMILES string of the molecule is O=S(=O)(O[I+](c1ccccc1)c1ccc(F)cc1)C(F)(F)C(F)(F)C(F)(F)C(F)(F)C(F)(F)C(F)(F)C(F)(F)C(F)(F)F. The molecule has 0 N–H and O–H groups in total. The van der Waals surface area contributed by atoms with Gasteiger partial charge in [0.15, 0.2) is 7.14 Å². The summed E-state index contributed by atoms with van der Waals surface area (Å²) < 4.78 is 270. The van der Waals surface area contributed by atoms with Crippen molar-refractivity contribution < 1.29 is 110 Å². The maximum Gasteiger partial charge on any atom is 0.460 e. The van der Waals surface area contributed by atoms with Gasteiger partial charge in [-0.1, -0.05) is 18.2 Å². The Kier molecular flexibility index (Phi) is 9.48. The quantitative estimate of drug-likeness (QED) is 0.245. The summed E-state index contributed by atoms with van der Waals surface area (Å²) in [6.07, 6.45) is -7.92. The van der Waals surface area contributed by atoms with Crippen molar-refractivity contribution >= 4 is 10.1 Å². The highest BCUT2D eigenvalue weighted by Gasteiger charge is 2.96. The fourth-order valence-corrected chi connectivity index (χ4v) is 9.68. The van der Waals surface area contributed by atoms with E-state index in [-0.39, 0.29) is 0 Å². The number of rotatable bonds is 11. The topological polar surface area (TPSA) is 43.4 Å². The van der Waals surface area contributed by atoms with Gasteiger partial charge in [-0.25, -0.2) is 4.39 Å². The van der Waals surface area contributed by atoms with Crippen molar-refractivity contribution in [1.82, 2.24) is 0 Å². The Morgan fingerprint density at radius 2 is 0.837 bits per heavy atom. The maximum atomic E-state index is 14.5. The second-order valence-corrected chi connectivity index (χ2v) is 14.5. The lowest BCUT2D eigenvalue weighted by Crippen LogP contribution is -3.85. The molecule has 0 heterocycles. The summed E-state index contributed by atoms with van der Waals surface area (Å²) >= 11 is -4.69. The highest BCUT2D eigenvalue weighted by molar-refractivity contribution is 7.87. The molecule has 0 spiro atoms. The zero-order valence-corrected chi connectivity index (χ0v) is 22.5. The van der Waals surface area contributed by atoms with Gasteiger partial charge in [-0.15, -0.1) is 0 Å². The van der Waals surface area contributed by atoms with Crippen LogP contribution >= 0.6 is 0 Å². The molecule has 0 aliphatic heterocycles. The van der Waals surface area contributed by atoms with Gasteiger partial charge in [0, 0.05) is 0 Å². The van der Waals surface area contributed by atoms with E-state index in [1.807, 2.05) is 0 Å². The first kappa shape index (κ1) is 37.0. The molecule has 0 saturated carbocycles. The van der Waals surface area contributed by atoms with Gasteiger partial charge in [-0.2, -0.15) is 83.1 Å². The molecule has 0 aliphatic rings. The Balaban J connectivity index is 2.68. The summed E-state index contributed by atoms with van der Waals surface area (Å²) in [6.45, 7) is 0. The number of benzene rings is 2. The van der Waals surface area contributed by atoms with Gasteiger partial charge in [-0.3, -0.25) is 0 Å². The molecule has 0 aliphatic carbocycles. The molecule has 245 valence electrons. The molecule has 2 aromatic rings. The van der Waals surface area contributed by atoms with Gasteiger partial charge in [-0.05, 0) is 38.9 Å². The van der Waals surface area contributed by atoms with Gasteiger partial charge in [0.25, 0.3) is 0 Å². The summed E-state index contributed by atoms with van der Waals surface area (Å²) in [5.41, 5.74) is 0. The largest absolute Gasteiger partial charge is 0.460 e. The molecule has 2 rings (SSSR count). The van der Waals surface area contributed by atoms with Crippen LogP contribution in [0.3, 0.4) is 0 Å². The molecule has 3 nitrogen and oxygen atoms in total. The van der Waals surface area contributed by atoms with Crippen LogP contribution in [0, 0.1) is 13.0 Å². The molecule has 0 bridgehead atoms. The first-order chi connectivity index (χ1) is 19.0. The summed E-state index contributed by atoms with van der Waals surface area (Å²) in [7, 11) is -7.78. The molecular formula is C20H9F18IO3S+. The number of hydrogen-bond acceptors (Lipinski definition) is 3. The highest BCUT2D eigenvalue weighted by Crippen LogP contribution is 2.64. The third-order valence-electron chi connectivity index (χ3n) is 5.09. The second kappa shape index (κ2) is 11.0. The Labute approximate surface area is 234 Å². The minimum Gasteiger partial charge on any atom is -0.207 e. The molecule has 43 heavy (non-hydrogen) atoms. The standard InChI is InChI=1S/C20H9F18IO3S/c21-10-6-8-12(9-7-10)39(11-4-2-1-3-5-11)42-43(40,41)20(37,38)18(32,33)16(28,29)14(24,25)13(22,23)15(26,27)17(30,31)19(34,35)36/h1-9H/q+1. The van der Waals surface area contributed by atoms with E-state index in [0.717, 1.165) is 24.3 Å². The predicted octanol–water partition coefficient (Wildman–Crippen LogP) is 4.72. The van der Waals surface area contributed by atoms with Crippen LogP contribution in [0.25, 0.3) is 0 Å².